The van der Waals surface area contributed by atoms with E-state index in [0.29, 0.717) is 6.04 Å². The second-order valence-electron chi connectivity index (χ2n) is 3.79. The summed E-state index contributed by atoms with van der Waals surface area (Å²) in [5, 5.41) is 3.34. The number of hydrogen-bond acceptors (Lipinski definition) is 3. The molecule has 2 heterocycles. The van der Waals surface area contributed by atoms with Crippen LogP contribution in [0, 0.1) is 0 Å². The van der Waals surface area contributed by atoms with E-state index in [1.165, 1.54) is 0 Å². The first-order valence-corrected chi connectivity index (χ1v) is 5.42. The molecule has 0 saturated heterocycles. The molecule has 1 N–H and O–H groups in total. The van der Waals surface area contributed by atoms with Gasteiger partial charge >= 0.3 is 0 Å². The smallest absolute Gasteiger partial charge is 0.126 e. The summed E-state index contributed by atoms with van der Waals surface area (Å²) in [7, 11) is 0. The second kappa shape index (κ2) is 5.26. The largest absolute Gasteiger partial charge is 0.367 e. The molecule has 1 atom stereocenters. The molecule has 0 aliphatic heterocycles. The maximum absolute atomic E-state index is 4.30. The lowest BCUT2D eigenvalue weighted by Crippen LogP contribution is -2.19. The summed E-state index contributed by atoms with van der Waals surface area (Å²) in [6.45, 7) is 2.13. The Morgan fingerprint density at radius 2 is 1.81 bits per heavy atom. The molecule has 2 aromatic rings. The maximum atomic E-state index is 4.30. The number of hydrogen-bond donors (Lipinski definition) is 1. The lowest BCUT2D eigenvalue weighted by atomic mass is 10.1. The Labute approximate surface area is 95.6 Å². The molecule has 0 bridgehead atoms. The predicted octanol–water partition coefficient (Wildman–Crippen LogP) is 2.52. The minimum Gasteiger partial charge on any atom is -0.367 e. The first-order valence-electron chi connectivity index (χ1n) is 5.42. The van der Waals surface area contributed by atoms with Crippen LogP contribution in [0.25, 0.3) is 0 Å². The van der Waals surface area contributed by atoms with E-state index in [4.69, 9.17) is 0 Å². The fourth-order valence-corrected chi connectivity index (χ4v) is 1.58. The van der Waals surface area contributed by atoms with Crippen molar-refractivity contribution in [2.75, 3.05) is 5.32 Å². The fourth-order valence-electron chi connectivity index (χ4n) is 1.58. The standard InChI is InChI=1S/C13H15N3/c1-11(10-12-6-2-4-8-14-12)16-13-7-3-5-9-15-13/h2-9,11H,10H2,1H3,(H,15,16). The zero-order valence-corrected chi connectivity index (χ0v) is 9.30. The molecule has 1 unspecified atom stereocenters. The van der Waals surface area contributed by atoms with Crippen molar-refractivity contribution in [3.05, 3.63) is 54.5 Å². The molecule has 3 heteroatoms. The summed E-state index contributed by atoms with van der Waals surface area (Å²) >= 11 is 0. The normalized spacial score (nSPS) is 12.1. The molecule has 0 aliphatic carbocycles. The summed E-state index contributed by atoms with van der Waals surface area (Å²) in [6.07, 6.45) is 4.51. The first-order chi connectivity index (χ1) is 7.84. The van der Waals surface area contributed by atoms with Crippen LogP contribution in [-0.2, 0) is 6.42 Å². The van der Waals surface area contributed by atoms with E-state index in [-0.39, 0.29) is 0 Å². The maximum Gasteiger partial charge on any atom is 0.126 e. The number of anilines is 1. The molecule has 0 aromatic carbocycles. The van der Waals surface area contributed by atoms with Crippen molar-refractivity contribution in [2.45, 2.75) is 19.4 Å². The number of nitrogens with one attached hydrogen (secondary N) is 1. The molecule has 0 fully saturated rings. The van der Waals surface area contributed by atoms with Crippen molar-refractivity contribution in [3.8, 4) is 0 Å². The molecule has 0 spiro atoms. The minimum absolute atomic E-state index is 0.324. The Bertz CT molecular complexity index is 372. The van der Waals surface area contributed by atoms with Crippen LogP contribution in [0.15, 0.2) is 48.8 Å². The monoisotopic (exact) mass is 213 g/mol. The molecule has 0 saturated carbocycles. The molecular formula is C13H15N3. The molecule has 2 aromatic heterocycles. The van der Waals surface area contributed by atoms with E-state index in [2.05, 4.69) is 22.2 Å². The summed E-state index contributed by atoms with van der Waals surface area (Å²) in [6, 6.07) is 12.2. The van der Waals surface area contributed by atoms with Crippen LogP contribution < -0.4 is 5.32 Å². The van der Waals surface area contributed by atoms with Crippen LogP contribution in [0.1, 0.15) is 12.6 Å². The van der Waals surface area contributed by atoms with Crippen molar-refractivity contribution in [3.63, 3.8) is 0 Å². The lowest BCUT2D eigenvalue weighted by Gasteiger charge is -2.13. The number of nitrogens with zero attached hydrogens (tertiary/aromatic N) is 2. The van der Waals surface area contributed by atoms with Gasteiger partial charge in [-0.1, -0.05) is 12.1 Å². The Hall–Kier alpha value is -1.90. The van der Waals surface area contributed by atoms with Gasteiger partial charge < -0.3 is 5.32 Å². The quantitative estimate of drug-likeness (QED) is 0.848. The summed E-state index contributed by atoms with van der Waals surface area (Å²) in [5.74, 6) is 0.908. The predicted molar refractivity (Wildman–Crippen MR) is 65.3 cm³/mol. The van der Waals surface area contributed by atoms with Gasteiger partial charge in [0.25, 0.3) is 0 Å². The average Bonchev–Trinajstić information content (AvgIpc) is 2.31. The van der Waals surface area contributed by atoms with Crippen LogP contribution >= 0.6 is 0 Å². The van der Waals surface area contributed by atoms with Crippen molar-refractivity contribution >= 4 is 5.82 Å². The van der Waals surface area contributed by atoms with Crippen LogP contribution in [-0.4, -0.2) is 16.0 Å². The molecule has 0 amide bonds. The van der Waals surface area contributed by atoms with Gasteiger partial charge in [-0.05, 0) is 31.2 Å². The van der Waals surface area contributed by atoms with E-state index in [0.717, 1.165) is 17.9 Å². The van der Waals surface area contributed by atoms with E-state index >= 15 is 0 Å². The highest BCUT2D eigenvalue weighted by Gasteiger charge is 2.04. The summed E-state index contributed by atoms with van der Waals surface area (Å²) < 4.78 is 0. The van der Waals surface area contributed by atoms with Gasteiger partial charge in [0.1, 0.15) is 5.82 Å². The number of pyridine rings is 2. The van der Waals surface area contributed by atoms with E-state index < -0.39 is 0 Å². The molecule has 2 rings (SSSR count). The van der Waals surface area contributed by atoms with Gasteiger partial charge in [0.15, 0.2) is 0 Å². The zero-order chi connectivity index (χ0) is 11.2. The van der Waals surface area contributed by atoms with E-state index in [1.807, 2.05) is 42.6 Å². The number of rotatable bonds is 4. The molecule has 0 radical (unpaired) electrons. The van der Waals surface area contributed by atoms with Gasteiger partial charge in [0.05, 0.1) is 0 Å². The van der Waals surface area contributed by atoms with Crippen molar-refractivity contribution in [2.24, 2.45) is 0 Å². The average molecular weight is 213 g/mol. The highest BCUT2D eigenvalue weighted by Crippen LogP contribution is 2.06. The second-order valence-corrected chi connectivity index (χ2v) is 3.79. The molecular weight excluding hydrogens is 198 g/mol. The Balaban J connectivity index is 1.92. The summed E-state index contributed by atoms with van der Waals surface area (Å²) in [4.78, 5) is 8.53. The van der Waals surface area contributed by atoms with Gasteiger partial charge in [-0.2, -0.15) is 0 Å². The van der Waals surface area contributed by atoms with E-state index in [9.17, 15) is 0 Å². The third kappa shape index (κ3) is 3.05. The third-order valence-corrected chi connectivity index (χ3v) is 2.30. The van der Waals surface area contributed by atoms with Crippen LogP contribution in [0.5, 0.6) is 0 Å². The summed E-state index contributed by atoms with van der Waals surface area (Å²) in [5.41, 5.74) is 1.10. The third-order valence-electron chi connectivity index (χ3n) is 2.30. The SMILES string of the molecule is CC(Cc1ccccn1)Nc1ccccn1. The van der Waals surface area contributed by atoms with Crippen molar-refractivity contribution in [1.82, 2.24) is 9.97 Å². The molecule has 0 aliphatic rings. The zero-order valence-electron chi connectivity index (χ0n) is 9.30. The van der Waals surface area contributed by atoms with Gasteiger partial charge in [0.2, 0.25) is 0 Å². The Kier molecular flexibility index (Phi) is 3.49. The van der Waals surface area contributed by atoms with Crippen LogP contribution in [0.2, 0.25) is 0 Å². The minimum atomic E-state index is 0.324. The van der Waals surface area contributed by atoms with Gasteiger partial charge in [-0.25, -0.2) is 4.98 Å². The first kappa shape index (κ1) is 10.6. The Morgan fingerprint density at radius 1 is 1.06 bits per heavy atom. The Morgan fingerprint density at radius 3 is 2.44 bits per heavy atom. The highest BCUT2D eigenvalue weighted by atomic mass is 15.0. The van der Waals surface area contributed by atoms with Crippen LogP contribution in [0.3, 0.4) is 0 Å². The number of aromatic nitrogens is 2. The van der Waals surface area contributed by atoms with Crippen LogP contribution in [0.4, 0.5) is 5.82 Å². The topological polar surface area (TPSA) is 37.8 Å². The fraction of sp³-hybridized carbons (Fsp3) is 0.231. The lowest BCUT2D eigenvalue weighted by molar-refractivity contribution is 0.765. The highest BCUT2D eigenvalue weighted by molar-refractivity contribution is 5.34. The van der Waals surface area contributed by atoms with Gasteiger partial charge in [-0.3, -0.25) is 4.98 Å². The molecule has 16 heavy (non-hydrogen) atoms. The van der Waals surface area contributed by atoms with Crippen molar-refractivity contribution in [1.29, 1.82) is 0 Å². The van der Waals surface area contributed by atoms with Gasteiger partial charge in [0, 0.05) is 30.6 Å². The van der Waals surface area contributed by atoms with Gasteiger partial charge in [-0.15, -0.1) is 0 Å². The van der Waals surface area contributed by atoms with Crippen molar-refractivity contribution < 1.29 is 0 Å². The molecule has 3 nitrogen and oxygen atoms in total. The molecule has 82 valence electrons. The van der Waals surface area contributed by atoms with E-state index in [1.54, 1.807) is 6.20 Å².